The van der Waals surface area contributed by atoms with Gasteiger partial charge in [-0.05, 0) is 18.3 Å². The maximum absolute atomic E-state index is 2.38. The fourth-order valence-corrected chi connectivity index (χ4v) is 1.83. The van der Waals surface area contributed by atoms with Crippen LogP contribution in [0, 0.1) is 11.8 Å². The molecule has 1 unspecified atom stereocenters. The monoisotopic (exact) mass is 197 g/mol. The summed E-state index contributed by atoms with van der Waals surface area (Å²) in [6, 6.07) is 0. The van der Waals surface area contributed by atoms with Gasteiger partial charge in [-0.3, -0.25) is 0 Å². The summed E-state index contributed by atoms with van der Waals surface area (Å²) in [6.45, 7) is 9.24. The number of hydrogen-bond acceptors (Lipinski definition) is 0. The average molecular weight is 197 g/mol. The molecule has 0 aromatic heterocycles. The number of unbranched alkanes of at least 4 members (excludes halogenated alkanes) is 5. The normalized spacial score (nSPS) is 13.5. The third-order valence-corrected chi connectivity index (χ3v) is 3.39. The van der Waals surface area contributed by atoms with Crippen LogP contribution in [0.25, 0.3) is 0 Å². The Morgan fingerprint density at radius 3 is 2.07 bits per heavy atom. The van der Waals surface area contributed by atoms with Crippen molar-refractivity contribution < 1.29 is 0 Å². The maximum Gasteiger partial charge on any atom is -0.0246 e. The zero-order chi connectivity index (χ0) is 10.8. The smallest absolute Gasteiger partial charge is 0.0246 e. The highest BCUT2D eigenvalue weighted by Crippen LogP contribution is 2.22. The zero-order valence-electron chi connectivity index (χ0n) is 10.7. The van der Waals surface area contributed by atoms with Gasteiger partial charge in [0.25, 0.3) is 0 Å². The van der Waals surface area contributed by atoms with Gasteiger partial charge >= 0.3 is 0 Å². The molecule has 0 N–H and O–H groups in total. The van der Waals surface area contributed by atoms with Crippen molar-refractivity contribution in [2.75, 3.05) is 0 Å². The van der Waals surface area contributed by atoms with Gasteiger partial charge in [0.05, 0.1) is 0 Å². The van der Waals surface area contributed by atoms with Gasteiger partial charge in [-0.15, -0.1) is 0 Å². The number of hydrogen-bond donors (Lipinski definition) is 0. The summed E-state index contributed by atoms with van der Waals surface area (Å²) in [5.74, 6) is 2.53. The molecular formula is C14H29. The standard InChI is InChI=1S/C14H29/c1-5-7-8-9-10-11-12-14(4)13(3)6-2/h14H,5-12H2,1-4H3. The van der Waals surface area contributed by atoms with Crippen molar-refractivity contribution in [2.45, 2.75) is 79.1 Å². The molecule has 0 bridgehead atoms. The first-order chi connectivity index (χ1) is 6.72. The molecule has 1 radical (unpaired) electrons. The predicted octanol–water partition coefficient (Wildman–Crippen LogP) is 5.38. The van der Waals surface area contributed by atoms with Crippen LogP contribution in [0.3, 0.4) is 0 Å². The van der Waals surface area contributed by atoms with Crippen molar-refractivity contribution in [1.29, 1.82) is 0 Å². The van der Waals surface area contributed by atoms with Crippen molar-refractivity contribution in [3.05, 3.63) is 5.92 Å². The van der Waals surface area contributed by atoms with Crippen LogP contribution in [0.1, 0.15) is 79.1 Å². The molecule has 85 valence electrons. The molecule has 0 aliphatic rings. The van der Waals surface area contributed by atoms with E-state index in [4.69, 9.17) is 0 Å². The van der Waals surface area contributed by atoms with Crippen molar-refractivity contribution in [3.8, 4) is 0 Å². The molecule has 0 spiro atoms. The average Bonchev–Trinajstić information content (AvgIpc) is 2.21. The Kier molecular flexibility index (Phi) is 9.55. The molecule has 0 amide bonds. The maximum atomic E-state index is 2.38. The van der Waals surface area contributed by atoms with Gasteiger partial charge in [-0.25, -0.2) is 0 Å². The molecule has 0 nitrogen and oxygen atoms in total. The second-order valence-corrected chi connectivity index (χ2v) is 4.66. The molecule has 0 aromatic carbocycles. The van der Waals surface area contributed by atoms with E-state index >= 15 is 0 Å². The van der Waals surface area contributed by atoms with E-state index in [0.29, 0.717) is 0 Å². The van der Waals surface area contributed by atoms with Crippen LogP contribution in [-0.2, 0) is 0 Å². The molecular weight excluding hydrogens is 168 g/mol. The summed E-state index contributed by atoms with van der Waals surface area (Å²) >= 11 is 0. The SMILES string of the molecule is CCCCCCCCC(C)[C](C)CC. The third-order valence-electron chi connectivity index (χ3n) is 3.39. The van der Waals surface area contributed by atoms with Crippen LogP contribution in [-0.4, -0.2) is 0 Å². The van der Waals surface area contributed by atoms with E-state index in [1.54, 1.807) is 5.92 Å². The Morgan fingerprint density at radius 2 is 1.50 bits per heavy atom. The lowest BCUT2D eigenvalue weighted by Gasteiger charge is -2.17. The van der Waals surface area contributed by atoms with Gasteiger partial charge in [-0.2, -0.15) is 0 Å². The van der Waals surface area contributed by atoms with E-state index in [0.717, 1.165) is 5.92 Å². The van der Waals surface area contributed by atoms with Crippen molar-refractivity contribution in [1.82, 2.24) is 0 Å². The summed E-state index contributed by atoms with van der Waals surface area (Å²) in [5.41, 5.74) is 0. The molecule has 0 aliphatic heterocycles. The molecule has 0 fully saturated rings. The van der Waals surface area contributed by atoms with Gasteiger partial charge in [-0.1, -0.05) is 72.6 Å². The topological polar surface area (TPSA) is 0 Å². The molecule has 14 heavy (non-hydrogen) atoms. The lowest BCUT2D eigenvalue weighted by atomic mass is 9.89. The van der Waals surface area contributed by atoms with Crippen molar-refractivity contribution >= 4 is 0 Å². The minimum absolute atomic E-state index is 0.853. The molecule has 0 aromatic rings. The van der Waals surface area contributed by atoms with E-state index in [1.807, 2.05) is 0 Å². The van der Waals surface area contributed by atoms with E-state index in [2.05, 4.69) is 27.7 Å². The summed E-state index contributed by atoms with van der Waals surface area (Å²) in [5, 5.41) is 0. The summed E-state index contributed by atoms with van der Waals surface area (Å²) in [7, 11) is 0. The van der Waals surface area contributed by atoms with Gasteiger partial charge in [0.2, 0.25) is 0 Å². The van der Waals surface area contributed by atoms with Crippen LogP contribution in [0.15, 0.2) is 0 Å². The van der Waals surface area contributed by atoms with Crippen LogP contribution in [0.2, 0.25) is 0 Å². The third kappa shape index (κ3) is 7.41. The second-order valence-electron chi connectivity index (χ2n) is 4.66. The summed E-state index contributed by atoms with van der Waals surface area (Å²) in [6.07, 6.45) is 11.2. The van der Waals surface area contributed by atoms with Gasteiger partial charge in [0, 0.05) is 0 Å². The molecule has 0 heteroatoms. The Bertz CT molecular complexity index is 107. The Labute approximate surface area is 91.5 Å². The molecule has 0 aliphatic carbocycles. The zero-order valence-corrected chi connectivity index (χ0v) is 10.7. The minimum atomic E-state index is 0.853. The summed E-state index contributed by atoms with van der Waals surface area (Å²) < 4.78 is 0. The molecule has 1 atom stereocenters. The van der Waals surface area contributed by atoms with Gasteiger partial charge in [0.15, 0.2) is 0 Å². The van der Waals surface area contributed by atoms with E-state index in [1.165, 1.54) is 51.4 Å². The largest absolute Gasteiger partial charge is 0.0654 e. The number of rotatable bonds is 9. The molecule has 0 saturated heterocycles. The van der Waals surface area contributed by atoms with Crippen LogP contribution in [0.4, 0.5) is 0 Å². The summed E-state index contributed by atoms with van der Waals surface area (Å²) in [4.78, 5) is 0. The highest BCUT2D eigenvalue weighted by atomic mass is 14.1. The first-order valence-corrected chi connectivity index (χ1v) is 6.54. The Balaban J connectivity index is 3.18. The Morgan fingerprint density at radius 1 is 0.929 bits per heavy atom. The molecule has 0 rings (SSSR count). The molecule has 0 heterocycles. The fraction of sp³-hybridized carbons (Fsp3) is 0.929. The molecule has 0 saturated carbocycles. The van der Waals surface area contributed by atoms with Crippen molar-refractivity contribution in [3.63, 3.8) is 0 Å². The predicted molar refractivity (Wildman–Crippen MR) is 66.4 cm³/mol. The van der Waals surface area contributed by atoms with Crippen LogP contribution < -0.4 is 0 Å². The lowest BCUT2D eigenvalue weighted by molar-refractivity contribution is 0.481. The quantitative estimate of drug-likeness (QED) is 0.435. The highest BCUT2D eigenvalue weighted by Gasteiger charge is 2.09. The minimum Gasteiger partial charge on any atom is -0.0654 e. The first-order valence-electron chi connectivity index (χ1n) is 6.54. The van der Waals surface area contributed by atoms with Crippen LogP contribution >= 0.6 is 0 Å². The highest BCUT2D eigenvalue weighted by molar-refractivity contribution is 4.87. The second kappa shape index (κ2) is 9.55. The van der Waals surface area contributed by atoms with Crippen molar-refractivity contribution in [2.24, 2.45) is 5.92 Å². The van der Waals surface area contributed by atoms with Gasteiger partial charge in [0.1, 0.15) is 0 Å². The Hall–Kier alpha value is 0. The lowest BCUT2D eigenvalue weighted by Crippen LogP contribution is -2.04. The first kappa shape index (κ1) is 14.0. The fourth-order valence-electron chi connectivity index (χ4n) is 1.83. The van der Waals surface area contributed by atoms with E-state index < -0.39 is 0 Å². The van der Waals surface area contributed by atoms with Crippen LogP contribution in [0.5, 0.6) is 0 Å². The van der Waals surface area contributed by atoms with E-state index in [-0.39, 0.29) is 0 Å². The van der Waals surface area contributed by atoms with E-state index in [9.17, 15) is 0 Å². The van der Waals surface area contributed by atoms with Gasteiger partial charge < -0.3 is 0 Å².